The number of nitrogens with zero attached hydrogens (tertiary/aromatic N) is 1. The van der Waals surface area contributed by atoms with Crippen molar-refractivity contribution >= 4 is 29.6 Å². The van der Waals surface area contributed by atoms with Crippen LogP contribution in [0.4, 0.5) is 10.5 Å². The van der Waals surface area contributed by atoms with E-state index >= 15 is 0 Å². The molecule has 0 bridgehead atoms. The third-order valence-corrected chi connectivity index (χ3v) is 4.74. The molecule has 0 atom stereocenters. The summed E-state index contributed by atoms with van der Waals surface area (Å²) in [6.45, 7) is 3.64. The van der Waals surface area contributed by atoms with Gasteiger partial charge >= 0.3 is 6.03 Å². The van der Waals surface area contributed by atoms with E-state index < -0.39 is 17.8 Å². The van der Waals surface area contributed by atoms with Crippen LogP contribution in [0.2, 0.25) is 0 Å². The van der Waals surface area contributed by atoms with E-state index in [0.29, 0.717) is 28.5 Å². The highest BCUT2D eigenvalue weighted by molar-refractivity contribution is 6.39. The maximum absolute atomic E-state index is 13.2. The fourth-order valence-corrected chi connectivity index (χ4v) is 3.16. The summed E-state index contributed by atoms with van der Waals surface area (Å²) in [7, 11) is 4.42. The Hall–Kier alpha value is -3.81. The van der Waals surface area contributed by atoms with Crippen LogP contribution in [0.5, 0.6) is 17.2 Å². The van der Waals surface area contributed by atoms with Gasteiger partial charge in [-0.25, -0.2) is 9.69 Å². The predicted octanol–water partition coefficient (Wildman–Crippen LogP) is 3.00. The molecule has 1 saturated heterocycles. The van der Waals surface area contributed by atoms with Crippen LogP contribution < -0.4 is 24.4 Å². The smallest absolute Gasteiger partial charge is 0.335 e. The van der Waals surface area contributed by atoms with E-state index in [1.54, 1.807) is 25.1 Å². The molecule has 30 heavy (non-hydrogen) atoms. The average Bonchev–Trinajstić information content (AvgIpc) is 2.72. The summed E-state index contributed by atoms with van der Waals surface area (Å²) in [5.41, 5.74) is 2.22. The lowest BCUT2D eigenvalue weighted by atomic mass is 10.0. The minimum atomic E-state index is -0.796. The lowest BCUT2D eigenvalue weighted by molar-refractivity contribution is -0.122. The Labute approximate surface area is 174 Å². The van der Waals surface area contributed by atoms with Gasteiger partial charge in [-0.2, -0.15) is 0 Å². The number of rotatable bonds is 5. The van der Waals surface area contributed by atoms with Crippen LogP contribution >= 0.6 is 0 Å². The van der Waals surface area contributed by atoms with Gasteiger partial charge in [-0.05, 0) is 43.2 Å². The Bertz CT molecular complexity index is 1070. The van der Waals surface area contributed by atoms with Crippen molar-refractivity contribution in [3.63, 3.8) is 0 Å². The molecule has 2 aromatic rings. The normalized spacial score (nSPS) is 15.3. The maximum Gasteiger partial charge on any atom is 0.335 e. The molecule has 2 aromatic carbocycles. The lowest BCUT2D eigenvalue weighted by Gasteiger charge is -2.28. The number of benzene rings is 2. The van der Waals surface area contributed by atoms with Gasteiger partial charge in [-0.15, -0.1) is 0 Å². The minimum absolute atomic E-state index is 0.207. The molecule has 8 heteroatoms. The summed E-state index contributed by atoms with van der Waals surface area (Å²) < 4.78 is 15.9. The standard InChI is InChI=1S/C22H22N2O6/c1-12-6-7-13(2)16(8-12)24-21(26)15(20(25)23-22(24)27)9-14-10-18(29-4)19(30-5)11-17(14)28-3/h6-11H,1-5H3,(H,23,25,27)/b15-9-. The summed E-state index contributed by atoms with van der Waals surface area (Å²) in [4.78, 5) is 39.1. The van der Waals surface area contributed by atoms with Crippen LogP contribution in [-0.4, -0.2) is 39.2 Å². The number of nitrogens with one attached hydrogen (secondary N) is 1. The maximum atomic E-state index is 13.2. The number of carbonyl (C=O) groups excluding carboxylic acids is 3. The predicted molar refractivity (Wildman–Crippen MR) is 111 cm³/mol. The molecule has 0 saturated carbocycles. The van der Waals surface area contributed by atoms with Gasteiger partial charge in [-0.3, -0.25) is 14.9 Å². The zero-order chi connectivity index (χ0) is 22.0. The highest BCUT2D eigenvalue weighted by atomic mass is 16.5. The topological polar surface area (TPSA) is 94.2 Å². The first-order valence-electron chi connectivity index (χ1n) is 9.09. The number of hydrogen-bond acceptors (Lipinski definition) is 6. The van der Waals surface area contributed by atoms with E-state index in [1.807, 2.05) is 19.1 Å². The highest BCUT2D eigenvalue weighted by Crippen LogP contribution is 2.36. The minimum Gasteiger partial charge on any atom is -0.496 e. The van der Waals surface area contributed by atoms with Crippen molar-refractivity contribution in [3.05, 3.63) is 52.6 Å². The molecule has 1 N–H and O–H groups in total. The van der Waals surface area contributed by atoms with Crippen LogP contribution in [0.1, 0.15) is 16.7 Å². The molecular weight excluding hydrogens is 388 g/mol. The second kappa shape index (κ2) is 8.28. The molecule has 156 valence electrons. The fraction of sp³-hybridized carbons (Fsp3) is 0.227. The summed E-state index contributed by atoms with van der Waals surface area (Å²) >= 11 is 0. The average molecular weight is 410 g/mol. The highest BCUT2D eigenvalue weighted by Gasteiger charge is 2.37. The van der Waals surface area contributed by atoms with E-state index in [-0.39, 0.29) is 5.57 Å². The molecule has 1 aliphatic heterocycles. The second-order valence-electron chi connectivity index (χ2n) is 6.70. The number of urea groups is 1. The zero-order valence-corrected chi connectivity index (χ0v) is 17.4. The Balaban J connectivity index is 2.12. The van der Waals surface area contributed by atoms with Crippen LogP contribution in [0.3, 0.4) is 0 Å². The van der Waals surface area contributed by atoms with Crippen molar-refractivity contribution in [1.29, 1.82) is 0 Å². The summed E-state index contributed by atoms with van der Waals surface area (Å²) in [5, 5.41) is 2.23. The van der Waals surface area contributed by atoms with Gasteiger partial charge < -0.3 is 14.2 Å². The third-order valence-electron chi connectivity index (χ3n) is 4.74. The van der Waals surface area contributed by atoms with Crippen molar-refractivity contribution in [1.82, 2.24) is 5.32 Å². The quantitative estimate of drug-likeness (QED) is 0.602. The molecule has 1 aliphatic rings. The van der Waals surface area contributed by atoms with Gasteiger partial charge in [0.1, 0.15) is 11.3 Å². The van der Waals surface area contributed by atoms with E-state index in [1.165, 1.54) is 27.4 Å². The Morgan fingerprint density at radius 1 is 0.867 bits per heavy atom. The zero-order valence-electron chi connectivity index (χ0n) is 17.4. The number of hydrogen-bond donors (Lipinski definition) is 1. The largest absolute Gasteiger partial charge is 0.496 e. The molecule has 1 fully saturated rings. The first-order chi connectivity index (χ1) is 14.3. The van der Waals surface area contributed by atoms with Crippen molar-refractivity contribution in [3.8, 4) is 17.2 Å². The monoisotopic (exact) mass is 410 g/mol. The van der Waals surface area contributed by atoms with E-state index in [0.717, 1.165) is 16.0 Å². The molecule has 3 rings (SSSR count). The number of carbonyl (C=O) groups is 3. The van der Waals surface area contributed by atoms with Crippen LogP contribution in [0.15, 0.2) is 35.9 Å². The number of barbiturate groups is 1. The lowest BCUT2D eigenvalue weighted by Crippen LogP contribution is -2.54. The fourth-order valence-electron chi connectivity index (χ4n) is 3.16. The van der Waals surface area contributed by atoms with E-state index in [4.69, 9.17) is 14.2 Å². The van der Waals surface area contributed by atoms with Crippen molar-refractivity contribution in [2.24, 2.45) is 0 Å². The van der Waals surface area contributed by atoms with Crippen LogP contribution in [0.25, 0.3) is 6.08 Å². The molecule has 0 radical (unpaired) electrons. The number of anilines is 1. The van der Waals surface area contributed by atoms with Crippen molar-refractivity contribution in [2.75, 3.05) is 26.2 Å². The van der Waals surface area contributed by atoms with Gasteiger partial charge in [0.15, 0.2) is 11.5 Å². The second-order valence-corrected chi connectivity index (χ2v) is 6.70. The van der Waals surface area contributed by atoms with E-state index in [2.05, 4.69) is 5.32 Å². The molecule has 0 spiro atoms. The number of ether oxygens (including phenoxy) is 3. The molecule has 1 heterocycles. The molecule has 0 unspecified atom stereocenters. The number of imide groups is 2. The number of aryl methyl sites for hydroxylation is 2. The Kier molecular flexibility index (Phi) is 5.77. The van der Waals surface area contributed by atoms with E-state index in [9.17, 15) is 14.4 Å². The third kappa shape index (κ3) is 3.71. The molecule has 4 amide bonds. The summed E-state index contributed by atoms with van der Waals surface area (Å²) in [5.74, 6) is -0.312. The number of methoxy groups -OCH3 is 3. The van der Waals surface area contributed by atoms with Crippen LogP contribution in [0, 0.1) is 13.8 Å². The molecule has 0 aromatic heterocycles. The van der Waals surface area contributed by atoms with Gasteiger partial charge in [0, 0.05) is 11.6 Å². The van der Waals surface area contributed by atoms with Crippen molar-refractivity contribution < 1.29 is 28.6 Å². The van der Waals surface area contributed by atoms with Crippen molar-refractivity contribution in [2.45, 2.75) is 13.8 Å². The first-order valence-corrected chi connectivity index (χ1v) is 9.09. The summed E-state index contributed by atoms with van der Waals surface area (Å²) in [6.07, 6.45) is 1.36. The van der Waals surface area contributed by atoms with Gasteiger partial charge in [0.05, 0.1) is 27.0 Å². The number of amides is 4. The van der Waals surface area contributed by atoms with Gasteiger partial charge in [0.25, 0.3) is 11.8 Å². The molecular formula is C22H22N2O6. The Morgan fingerprint density at radius 3 is 2.13 bits per heavy atom. The SMILES string of the molecule is COc1cc(OC)c(OC)cc1/C=C1/C(=O)NC(=O)N(c2cc(C)ccc2C)C1=O. The summed E-state index contributed by atoms with van der Waals surface area (Å²) in [6, 6.07) is 7.78. The van der Waals surface area contributed by atoms with Crippen LogP contribution in [-0.2, 0) is 9.59 Å². The molecule has 8 nitrogen and oxygen atoms in total. The Morgan fingerprint density at radius 2 is 1.50 bits per heavy atom. The first kappa shape index (κ1) is 20.9. The molecule has 0 aliphatic carbocycles. The van der Waals surface area contributed by atoms with Gasteiger partial charge in [0.2, 0.25) is 0 Å². The van der Waals surface area contributed by atoms with Gasteiger partial charge in [-0.1, -0.05) is 12.1 Å².